The topological polar surface area (TPSA) is 24.5 Å². The van der Waals surface area contributed by atoms with Gasteiger partial charge in [0.2, 0.25) is 0 Å². The fourth-order valence-corrected chi connectivity index (χ4v) is 3.31. The van der Waals surface area contributed by atoms with E-state index in [0.29, 0.717) is 12.2 Å². The van der Waals surface area contributed by atoms with Gasteiger partial charge >= 0.3 is 0 Å². The Morgan fingerprint density at radius 2 is 1.73 bits per heavy atom. The van der Waals surface area contributed by atoms with Crippen molar-refractivity contribution in [3.63, 3.8) is 0 Å². The van der Waals surface area contributed by atoms with Crippen LogP contribution in [0.15, 0.2) is 0 Å². The first-order valence-electron chi connectivity index (χ1n) is 6.52. The summed E-state index contributed by atoms with van der Waals surface area (Å²) in [6.07, 6.45) is 7.77. The molecule has 3 unspecified atom stereocenters. The van der Waals surface area contributed by atoms with Crippen molar-refractivity contribution in [2.45, 2.75) is 50.4 Å². The molecule has 0 aromatic heterocycles. The maximum absolute atomic E-state index is 5.89. The van der Waals surface area contributed by atoms with E-state index >= 15 is 0 Å². The zero-order chi connectivity index (χ0) is 10.1. The number of rotatable bonds is 1. The molecule has 3 rings (SSSR count). The van der Waals surface area contributed by atoms with Crippen LogP contribution in [-0.4, -0.2) is 49.3 Å². The number of nitrogens with zero attached hydrogens (tertiary/aromatic N) is 1. The molecule has 3 nitrogen and oxygen atoms in total. The molecule has 0 saturated carbocycles. The Kier molecular flexibility index (Phi) is 2.95. The largest absolute Gasteiger partial charge is 0.372 e. The first-order valence-corrected chi connectivity index (χ1v) is 6.52. The van der Waals surface area contributed by atoms with Crippen LogP contribution in [0.25, 0.3) is 0 Å². The molecule has 0 aliphatic carbocycles. The van der Waals surface area contributed by atoms with Crippen molar-refractivity contribution in [3.05, 3.63) is 0 Å². The molecule has 0 amide bonds. The normalized spacial score (nSPS) is 42.8. The van der Waals surface area contributed by atoms with E-state index in [2.05, 4.69) is 10.2 Å². The molecule has 0 radical (unpaired) electrons. The minimum atomic E-state index is 0.556. The van der Waals surface area contributed by atoms with Gasteiger partial charge < -0.3 is 10.1 Å². The Hall–Kier alpha value is -0.120. The lowest BCUT2D eigenvalue weighted by atomic mass is 10.1. The summed E-state index contributed by atoms with van der Waals surface area (Å²) in [4.78, 5) is 2.71. The third-order valence-electron chi connectivity index (χ3n) is 4.13. The molecule has 3 heteroatoms. The summed E-state index contributed by atoms with van der Waals surface area (Å²) in [5.74, 6) is 0. The molecule has 0 spiro atoms. The zero-order valence-electron chi connectivity index (χ0n) is 9.45. The van der Waals surface area contributed by atoms with E-state index in [1.807, 2.05) is 0 Å². The van der Waals surface area contributed by atoms with E-state index in [9.17, 15) is 0 Å². The number of morpholine rings is 1. The van der Waals surface area contributed by atoms with Crippen LogP contribution in [0.5, 0.6) is 0 Å². The molecule has 1 N–H and O–H groups in total. The summed E-state index contributed by atoms with van der Waals surface area (Å²) < 4.78 is 5.89. The molecular formula is C12H22N2O. The van der Waals surface area contributed by atoms with Gasteiger partial charge in [-0.05, 0) is 45.2 Å². The van der Waals surface area contributed by atoms with Crippen LogP contribution < -0.4 is 5.32 Å². The van der Waals surface area contributed by atoms with E-state index < -0.39 is 0 Å². The quantitative estimate of drug-likeness (QED) is 0.698. The van der Waals surface area contributed by atoms with Gasteiger partial charge in [-0.3, -0.25) is 4.90 Å². The molecule has 3 heterocycles. The van der Waals surface area contributed by atoms with Crippen LogP contribution in [0.3, 0.4) is 0 Å². The first kappa shape index (κ1) is 10.1. The summed E-state index contributed by atoms with van der Waals surface area (Å²) in [7, 11) is 0. The highest BCUT2D eigenvalue weighted by molar-refractivity contribution is 4.88. The van der Waals surface area contributed by atoms with E-state index in [1.54, 1.807) is 0 Å². The van der Waals surface area contributed by atoms with Crippen LogP contribution in [0.4, 0.5) is 0 Å². The molecule has 15 heavy (non-hydrogen) atoms. The van der Waals surface area contributed by atoms with Gasteiger partial charge in [-0.15, -0.1) is 0 Å². The molecule has 0 aromatic carbocycles. The maximum atomic E-state index is 5.89. The zero-order valence-corrected chi connectivity index (χ0v) is 9.45. The number of nitrogens with one attached hydrogen (secondary N) is 1. The second kappa shape index (κ2) is 4.40. The lowest BCUT2D eigenvalue weighted by Gasteiger charge is -2.37. The van der Waals surface area contributed by atoms with Crippen molar-refractivity contribution in [2.24, 2.45) is 0 Å². The molecular weight excluding hydrogens is 188 g/mol. The Labute approximate surface area is 92.2 Å². The van der Waals surface area contributed by atoms with Gasteiger partial charge in [0.05, 0.1) is 12.2 Å². The van der Waals surface area contributed by atoms with Crippen LogP contribution >= 0.6 is 0 Å². The second-order valence-corrected chi connectivity index (χ2v) is 5.25. The van der Waals surface area contributed by atoms with Crippen LogP contribution in [-0.2, 0) is 4.74 Å². The molecule has 3 aliphatic heterocycles. The van der Waals surface area contributed by atoms with E-state index in [-0.39, 0.29) is 0 Å². The third kappa shape index (κ3) is 2.19. The van der Waals surface area contributed by atoms with Crippen molar-refractivity contribution in [2.75, 3.05) is 26.2 Å². The predicted molar refractivity (Wildman–Crippen MR) is 60.0 cm³/mol. The summed E-state index contributed by atoms with van der Waals surface area (Å²) in [6.45, 7) is 4.81. The van der Waals surface area contributed by atoms with Crippen molar-refractivity contribution >= 4 is 0 Å². The number of hydrogen-bond acceptors (Lipinski definition) is 3. The summed E-state index contributed by atoms with van der Waals surface area (Å²) in [6, 6.07) is 0.826. The molecule has 0 aromatic rings. The van der Waals surface area contributed by atoms with E-state index in [1.165, 1.54) is 58.3 Å². The maximum Gasteiger partial charge on any atom is 0.0707 e. The molecule has 3 aliphatic rings. The number of ether oxygens (including phenoxy) is 1. The Bertz CT molecular complexity index is 202. The summed E-state index contributed by atoms with van der Waals surface area (Å²) in [5.41, 5.74) is 0. The van der Waals surface area contributed by atoms with Gasteiger partial charge in [-0.2, -0.15) is 0 Å². The van der Waals surface area contributed by atoms with Crippen LogP contribution in [0, 0.1) is 0 Å². The average molecular weight is 210 g/mol. The lowest BCUT2D eigenvalue weighted by molar-refractivity contribution is -0.0541. The van der Waals surface area contributed by atoms with Crippen molar-refractivity contribution in [3.8, 4) is 0 Å². The van der Waals surface area contributed by atoms with Crippen LogP contribution in [0.2, 0.25) is 0 Å². The highest BCUT2D eigenvalue weighted by atomic mass is 16.5. The molecule has 3 atom stereocenters. The minimum absolute atomic E-state index is 0.556. The van der Waals surface area contributed by atoms with Gasteiger partial charge in [-0.1, -0.05) is 0 Å². The summed E-state index contributed by atoms with van der Waals surface area (Å²) in [5, 5.41) is 3.50. The minimum Gasteiger partial charge on any atom is -0.372 e. The van der Waals surface area contributed by atoms with Gasteiger partial charge in [0, 0.05) is 19.1 Å². The second-order valence-electron chi connectivity index (χ2n) is 5.25. The monoisotopic (exact) mass is 210 g/mol. The molecule has 86 valence electrons. The van der Waals surface area contributed by atoms with Crippen molar-refractivity contribution in [1.82, 2.24) is 10.2 Å². The van der Waals surface area contributed by atoms with Gasteiger partial charge in [0.1, 0.15) is 0 Å². The average Bonchev–Trinajstić information content (AvgIpc) is 2.51. The van der Waals surface area contributed by atoms with E-state index in [4.69, 9.17) is 4.74 Å². The predicted octanol–water partition coefficient (Wildman–Crippen LogP) is 0.992. The Balaban J connectivity index is 1.61. The molecule has 3 fully saturated rings. The smallest absolute Gasteiger partial charge is 0.0707 e. The highest BCUT2D eigenvalue weighted by Crippen LogP contribution is 2.29. The van der Waals surface area contributed by atoms with Crippen molar-refractivity contribution < 1.29 is 4.74 Å². The summed E-state index contributed by atoms with van der Waals surface area (Å²) >= 11 is 0. The fraction of sp³-hybridized carbons (Fsp3) is 1.00. The standard InChI is InChI=1S/C12H22N2O/c1-2-10(5-7-13-6-1)14-8-11-3-4-12(9-14)15-11/h10-13H,1-9H2. The number of hydrogen-bond donors (Lipinski definition) is 1. The lowest BCUT2D eigenvalue weighted by Crippen LogP contribution is -2.48. The molecule has 3 saturated heterocycles. The van der Waals surface area contributed by atoms with Crippen molar-refractivity contribution in [1.29, 1.82) is 0 Å². The number of likely N-dealkylation sites (tertiary alicyclic amines) is 1. The third-order valence-corrected chi connectivity index (χ3v) is 4.13. The number of fused-ring (bicyclic) bond motifs is 2. The first-order chi connectivity index (χ1) is 7.42. The van der Waals surface area contributed by atoms with Gasteiger partial charge in [-0.25, -0.2) is 0 Å². The molecule has 2 bridgehead atoms. The van der Waals surface area contributed by atoms with Gasteiger partial charge in [0.15, 0.2) is 0 Å². The van der Waals surface area contributed by atoms with Crippen LogP contribution in [0.1, 0.15) is 32.1 Å². The SMILES string of the molecule is C1CNCCC(N2CC3CCC(C2)O3)C1. The Morgan fingerprint density at radius 1 is 0.933 bits per heavy atom. The van der Waals surface area contributed by atoms with E-state index in [0.717, 1.165) is 6.04 Å². The highest BCUT2D eigenvalue weighted by Gasteiger charge is 2.36. The fourth-order valence-electron chi connectivity index (χ4n) is 3.31. The van der Waals surface area contributed by atoms with Gasteiger partial charge in [0.25, 0.3) is 0 Å². The Morgan fingerprint density at radius 3 is 2.53 bits per heavy atom.